The summed E-state index contributed by atoms with van der Waals surface area (Å²) >= 11 is 12.9. The van der Waals surface area contributed by atoms with Gasteiger partial charge in [-0.1, -0.05) is 47.4 Å². The Balaban J connectivity index is 2.63. The molecule has 0 saturated heterocycles. The SMILES string of the molecule is CC(C)(CCCBr)CNC(=O)c1cccc(Br)c1Cl. The summed E-state index contributed by atoms with van der Waals surface area (Å²) in [5, 5.41) is 4.40. The second kappa shape index (κ2) is 7.65. The van der Waals surface area contributed by atoms with Crippen LogP contribution >= 0.6 is 43.5 Å². The number of alkyl halides is 1. The van der Waals surface area contributed by atoms with Gasteiger partial charge in [0.05, 0.1) is 10.6 Å². The summed E-state index contributed by atoms with van der Waals surface area (Å²) < 4.78 is 0.736. The lowest BCUT2D eigenvalue weighted by Crippen LogP contribution is -2.34. The van der Waals surface area contributed by atoms with Crippen molar-refractivity contribution < 1.29 is 4.79 Å². The minimum absolute atomic E-state index is 0.0852. The van der Waals surface area contributed by atoms with Gasteiger partial charge >= 0.3 is 0 Å². The average Bonchev–Trinajstić information content (AvgIpc) is 2.37. The molecular formula is C14H18Br2ClNO. The maximum absolute atomic E-state index is 12.1. The van der Waals surface area contributed by atoms with Gasteiger partial charge in [0.2, 0.25) is 0 Å². The predicted molar refractivity (Wildman–Crippen MR) is 88.3 cm³/mol. The van der Waals surface area contributed by atoms with Crippen molar-refractivity contribution in [3.63, 3.8) is 0 Å². The third-order valence-corrected chi connectivity index (χ3v) is 4.77. The van der Waals surface area contributed by atoms with Gasteiger partial charge in [0, 0.05) is 16.3 Å². The molecule has 0 atom stereocenters. The molecule has 1 aromatic rings. The van der Waals surface area contributed by atoms with Crippen LogP contribution in [0.1, 0.15) is 37.0 Å². The molecule has 0 saturated carbocycles. The predicted octanol–water partition coefficient (Wildman–Crippen LogP) is 5.03. The van der Waals surface area contributed by atoms with Gasteiger partial charge in [0.25, 0.3) is 5.91 Å². The number of carbonyl (C=O) groups excluding carboxylic acids is 1. The molecule has 0 aliphatic heterocycles. The fraction of sp³-hybridized carbons (Fsp3) is 0.500. The summed E-state index contributed by atoms with van der Waals surface area (Å²) in [6, 6.07) is 5.35. The van der Waals surface area contributed by atoms with E-state index in [9.17, 15) is 4.79 Å². The monoisotopic (exact) mass is 409 g/mol. The van der Waals surface area contributed by atoms with Gasteiger partial charge in [0.1, 0.15) is 0 Å². The Morgan fingerprint density at radius 2 is 2.11 bits per heavy atom. The van der Waals surface area contributed by atoms with E-state index in [4.69, 9.17) is 11.6 Å². The molecule has 0 aliphatic rings. The molecule has 5 heteroatoms. The lowest BCUT2D eigenvalue weighted by Gasteiger charge is -2.24. The van der Waals surface area contributed by atoms with E-state index < -0.39 is 0 Å². The van der Waals surface area contributed by atoms with Gasteiger partial charge in [0.15, 0.2) is 0 Å². The van der Waals surface area contributed by atoms with Crippen LogP contribution in [0.15, 0.2) is 22.7 Å². The molecule has 0 heterocycles. The smallest absolute Gasteiger partial charge is 0.252 e. The summed E-state index contributed by atoms with van der Waals surface area (Å²) in [5.41, 5.74) is 0.592. The van der Waals surface area contributed by atoms with Crippen molar-refractivity contribution in [1.82, 2.24) is 5.32 Å². The number of benzene rings is 1. The molecule has 0 bridgehead atoms. The third kappa shape index (κ3) is 5.44. The largest absolute Gasteiger partial charge is 0.351 e. The number of halogens is 3. The third-order valence-electron chi connectivity index (χ3n) is 2.91. The first-order valence-electron chi connectivity index (χ1n) is 6.15. The molecule has 106 valence electrons. The van der Waals surface area contributed by atoms with Crippen LogP contribution in [0.5, 0.6) is 0 Å². The van der Waals surface area contributed by atoms with Crippen molar-refractivity contribution in [3.05, 3.63) is 33.3 Å². The number of amides is 1. The molecule has 2 nitrogen and oxygen atoms in total. The second-order valence-electron chi connectivity index (χ2n) is 5.24. The van der Waals surface area contributed by atoms with Crippen molar-refractivity contribution in [2.45, 2.75) is 26.7 Å². The highest BCUT2D eigenvalue weighted by Gasteiger charge is 2.19. The van der Waals surface area contributed by atoms with E-state index >= 15 is 0 Å². The molecule has 1 amide bonds. The van der Waals surface area contributed by atoms with Gasteiger partial charge in [-0.2, -0.15) is 0 Å². The Morgan fingerprint density at radius 3 is 2.74 bits per heavy atom. The van der Waals surface area contributed by atoms with E-state index in [0.717, 1.165) is 22.6 Å². The second-order valence-corrected chi connectivity index (χ2v) is 7.27. The van der Waals surface area contributed by atoms with E-state index in [1.54, 1.807) is 12.1 Å². The molecule has 1 rings (SSSR count). The van der Waals surface area contributed by atoms with Gasteiger partial charge in [-0.3, -0.25) is 4.79 Å². The zero-order chi connectivity index (χ0) is 14.5. The normalized spacial score (nSPS) is 11.4. The zero-order valence-electron chi connectivity index (χ0n) is 11.1. The van der Waals surface area contributed by atoms with Gasteiger partial charge in [-0.15, -0.1) is 0 Å². The van der Waals surface area contributed by atoms with Crippen molar-refractivity contribution in [3.8, 4) is 0 Å². The highest BCUT2D eigenvalue weighted by Crippen LogP contribution is 2.26. The summed E-state index contributed by atoms with van der Waals surface area (Å²) in [4.78, 5) is 12.1. The van der Waals surface area contributed by atoms with E-state index in [1.165, 1.54) is 0 Å². The van der Waals surface area contributed by atoms with Crippen LogP contribution in [0.3, 0.4) is 0 Å². The maximum atomic E-state index is 12.1. The Labute approximate surface area is 136 Å². The van der Waals surface area contributed by atoms with Crippen molar-refractivity contribution >= 4 is 49.4 Å². The van der Waals surface area contributed by atoms with E-state index in [1.807, 2.05) is 6.07 Å². The molecular weight excluding hydrogens is 393 g/mol. The number of rotatable bonds is 6. The van der Waals surface area contributed by atoms with Crippen molar-refractivity contribution in [2.24, 2.45) is 5.41 Å². The van der Waals surface area contributed by atoms with Crippen LogP contribution in [-0.2, 0) is 0 Å². The molecule has 0 spiro atoms. The molecule has 0 aliphatic carbocycles. The van der Waals surface area contributed by atoms with Gasteiger partial charge in [-0.05, 0) is 46.3 Å². The molecule has 0 fully saturated rings. The number of carbonyl (C=O) groups is 1. The summed E-state index contributed by atoms with van der Waals surface area (Å²) in [7, 11) is 0. The number of hydrogen-bond acceptors (Lipinski definition) is 1. The minimum Gasteiger partial charge on any atom is -0.351 e. The van der Waals surface area contributed by atoms with Gasteiger partial charge in [-0.25, -0.2) is 0 Å². The lowest BCUT2D eigenvalue weighted by molar-refractivity contribution is 0.0934. The van der Waals surface area contributed by atoms with E-state index in [0.29, 0.717) is 17.1 Å². The molecule has 19 heavy (non-hydrogen) atoms. The van der Waals surface area contributed by atoms with E-state index in [-0.39, 0.29) is 11.3 Å². The van der Waals surface area contributed by atoms with Crippen molar-refractivity contribution in [1.29, 1.82) is 0 Å². The van der Waals surface area contributed by atoms with Crippen molar-refractivity contribution in [2.75, 3.05) is 11.9 Å². The maximum Gasteiger partial charge on any atom is 0.252 e. The fourth-order valence-corrected chi connectivity index (χ4v) is 2.59. The number of hydrogen-bond donors (Lipinski definition) is 1. The highest BCUT2D eigenvalue weighted by atomic mass is 79.9. The Bertz CT molecular complexity index is 449. The first-order chi connectivity index (χ1) is 8.87. The summed E-state index contributed by atoms with van der Waals surface area (Å²) in [5.74, 6) is -0.127. The van der Waals surface area contributed by atoms with Crippen LogP contribution in [0.25, 0.3) is 0 Å². The molecule has 0 unspecified atom stereocenters. The fourth-order valence-electron chi connectivity index (χ4n) is 1.73. The quantitative estimate of drug-likeness (QED) is 0.654. The van der Waals surface area contributed by atoms with Crippen LogP contribution in [-0.4, -0.2) is 17.8 Å². The number of nitrogens with one attached hydrogen (secondary N) is 1. The molecule has 0 radical (unpaired) electrons. The minimum atomic E-state index is -0.127. The molecule has 1 aromatic carbocycles. The van der Waals surface area contributed by atoms with Crippen LogP contribution in [0, 0.1) is 5.41 Å². The Kier molecular flexibility index (Phi) is 6.84. The standard InChI is InChI=1S/C14H18Br2ClNO/c1-14(2,7-4-8-15)9-18-13(19)10-5-3-6-11(16)12(10)17/h3,5-6H,4,7-9H2,1-2H3,(H,18,19). The molecule has 0 aromatic heterocycles. The highest BCUT2D eigenvalue weighted by molar-refractivity contribution is 9.10. The Morgan fingerprint density at radius 1 is 1.42 bits per heavy atom. The first kappa shape index (κ1) is 17.0. The lowest BCUT2D eigenvalue weighted by atomic mass is 9.88. The van der Waals surface area contributed by atoms with Crippen LogP contribution < -0.4 is 5.32 Å². The van der Waals surface area contributed by atoms with Crippen LogP contribution in [0.4, 0.5) is 0 Å². The first-order valence-corrected chi connectivity index (χ1v) is 8.45. The van der Waals surface area contributed by atoms with Gasteiger partial charge < -0.3 is 5.32 Å². The van der Waals surface area contributed by atoms with E-state index in [2.05, 4.69) is 51.0 Å². The zero-order valence-corrected chi connectivity index (χ0v) is 15.0. The Hall–Kier alpha value is -0.0600. The summed E-state index contributed by atoms with van der Waals surface area (Å²) in [6.07, 6.45) is 2.16. The average molecular weight is 412 g/mol. The summed E-state index contributed by atoms with van der Waals surface area (Å²) in [6.45, 7) is 4.94. The molecule has 1 N–H and O–H groups in total. The van der Waals surface area contributed by atoms with Crippen LogP contribution in [0.2, 0.25) is 5.02 Å². The topological polar surface area (TPSA) is 29.1 Å².